The number of alkyl halides is 2. The molecule has 0 radical (unpaired) electrons. The van der Waals surface area contributed by atoms with Crippen molar-refractivity contribution in [3.05, 3.63) is 35.4 Å². The first-order chi connectivity index (χ1) is 7.05. The van der Waals surface area contributed by atoms with Crippen LogP contribution in [0.25, 0.3) is 0 Å². The predicted molar refractivity (Wildman–Crippen MR) is 60.8 cm³/mol. The highest BCUT2D eigenvalue weighted by Crippen LogP contribution is 2.30. The Morgan fingerprint density at radius 3 is 2.60 bits per heavy atom. The molecule has 3 nitrogen and oxygen atoms in total. The van der Waals surface area contributed by atoms with Crippen molar-refractivity contribution in [1.29, 1.82) is 0 Å². The molecule has 0 saturated heterocycles. The minimum atomic E-state index is -1.42. The van der Waals surface area contributed by atoms with Crippen LogP contribution in [0.2, 0.25) is 0 Å². The maximum absolute atomic E-state index is 8.57. The van der Waals surface area contributed by atoms with Crippen LogP contribution >= 0.6 is 23.2 Å². The van der Waals surface area contributed by atoms with Crippen LogP contribution in [0.3, 0.4) is 0 Å². The van der Waals surface area contributed by atoms with Crippen LogP contribution in [0, 0.1) is 0 Å². The summed E-state index contributed by atoms with van der Waals surface area (Å²) >= 11 is 11.6. The number of rotatable bonds is 5. The highest BCUT2D eigenvalue weighted by Gasteiger charge is 2.23. The smallest absolute Gasteiger partial charge is 0.192 e. The number of aliphatic hydroxyl groups excluding tert-OH is 1. The predicted octanol–water partition coefficient (Wildman–Crippen LogP) is 1.74. The lowest BCUT2D eigenvalue weighted by atomic mass is 10.1. The highest BCUT2D eigenvalue weighted by atomic mass is 35.5. The molecular formula is C10H13Cl2NO2. The van der Waals surface area contributed by atoms with E-state index in [9.17, 15) is 0 Å². The van der Waals surface area contributed by atoms with Crippen LogP contribution in [0.4, 0.5) is 0 Å². The van der Waals surface area contributed by atoms with Gasteiger partial charge in [0.1, 0.15) is 0 Å². The maximum Gasteiger partial charge on any atom is 0.192 e. The molecule has 5 heteroatoms. The molecule has 0 aliphatic carbocycles. The Bertz CT molecular complexity index is 313. The van der Waals surface area contributed by atoms with E-state index < -0.39 is 4.46 Å². The third-order valence-electron chi connectivity index (χ3n) is 1.87. The fourth-order valence-electron chi connectivity index (χ4n) is 1.22. The summed E-state index contributed by atoms with van der Waals surface area (Å²) in [6.07, 6.45) is 0. The van der Waals surface area contributed by atoms with Crippen LogP contribution in [0.1, 0.15) is 11.1 Å². The molecule has 0 aliphatic rings. The monoisotopic (exact) mass is 249 g/mol. The second-order valence-electron chi connectivity index (χ2n) is 3.06. The minimum absolute atomic E-state index is 0.0162. The van der Waals surface area contributed by atoms with Gasteiger partial charge in [0.25, 0.3) is 0 Å². The fourth-order valence-corrected chi connectivity index (χ4v) is 1.59. The number of benzene rings is 1. The molecule has 0 heterocycles. The van der Waals surface area contributed by atoms with E-state index in [0.717, 1.165) is 5.56 Å². The van der Waals surface area contributed by atoms with Gasteiger partial charge in [0.05, 0.1) is 19.8 Å². The molecule has 0 amide bonds. The third kappa shape index (κ3) is 3.97. The van der Waals surface area contributed by atoms with E-state index in [1.54, 1.807) is 12.1 Å². The summed E-state index contributed by atoms with van der Waals surface area (Å²) in [6, 6.07) is 7.23. The average Bonchev–Trinajstić information content (AvgIpc) is 2.17. The lowest BCUT2D eigenvalue weighted by Crippen LogP contribution is -2.24. The molecule has 1 aromatic carbocycles. The molecule has 0 unspecified atom stereocenters. The zero-order valence-corrected chi connectivity index (χ0v) is 9.63. The van der Waals surface area contributed by atoms with E-state index in [1.807, 2.05) is 12.1 Å². The largest absolute Gasteiger partial charge is 0.394 e. The van der Waals surface area contributed by atoms with Crippen molar-refractivity contribution in [2.45, 2.75) is 11.1 Å². The standard InChI is InChI=1S/C10H13Cl2NO2/c11-10(12,13)9-4-2-1-3-8(9)7-15-6-5-14/h1-4,14H,5-7,13H2. The molecule has 0 spiro atoms. The van der Waals surface area contributed by atoms with Crippen LogP contribution in [-0.4, -0.2) is 18.3 Å². The summed E-state index contributed by atoms with van der Waals surface area (Å²) in [6.45, 7) is 0.587. The molecule has 0 atom stereocenters. The molecule has 0 aromatic heterocycles. The van der Waals surface area contributed by atoms with E-state index in [2.05, 4.69) is 0 Å². The van der Waals surface area contributed by atoms with Crippen molar-refractivity contribution >= 4 is 23.2 Å². The van der Waals surface area contributed by atoms with Gasteiger partial charge in [-0.3, -0.25) is 5.73 Å². The molecule has 84 valence electrons. The fraction of sp³-hybridized carbons (Fsp3) is 0.400. The molecule has 0 aliphatic heterocycles. The Hall–Kier alpha value is -0.320. The van der Waals surface area contributed by atoms with E-state index in [4.69, 9.17) is 38.8 Å². The SMILES string of the molecule is NC(Cl)(Cl)c1ccccc1COCCO. The Morgan fingerprint density at radius 2 is 2.00 bits per heavy atom. The Balaban J connectivity index is 2.78. The van der Waals surface area contributed by atoms with Gasteiger partial charge in [-0.2, -0.15) is 0 Å². The van der Waals surface area contributed by atoms with Crippen molar-refractivity contribution in [2.75, 3.05) is 13.2 Å². The van der Waals surface area contributed by atoms with Gasteiger partial charge in [-0.1, -0.05) is 47.5 Å². The minimum Gasteiger partial charge on any atom is -0.394 e. The molecule has 15 heavy (non-hydrogen) atoms. The van der Waals surface area contributed by atoms with Crippen molar-refractivity contribution in [2.24, 2.45) is 5.73 Å². The van der Waals surface area contributed by atoms with Crippen LogP contribution < -0.4 is 5.73 Å². The van der Waals surface area contributed by atoms with Crippen molar-refractivity contribution in [3.63, 3.8) is 0 Å². The van der Waals surface area contributed by atoms with E-state index in [0.29, 0.717) is 12.2 Å². The van der Waals surface area contributed by atoms with Crippen molar-refractivity contribution < 1.29 is 9.84 Å². The number of aliphatic hydroxyl groups is 1. The van der Waals surface area contributed by atoms with Crippen molar-refractivity contribution in [1.82, 2.24) is 0 Å². The molecule has 1 rings (SSSR count). The van der Waals surface area contributed by atoms with Gasteiger partial charge in [-0.25, -0.2) is 0 Å². The van der Waals surface area contributed by atoms with E-state index in [-0.39, 0.29) is 13.2 Å². The third-order valence-corrected chi connectivity index (χ3v) is 2.28. The summed E-state index contributed by atoms with van der Waals surface area (Å²) in [7, 11) is 0. The van der Waals surface area contributed by atoms with Gasteiger partial charge in [-0.05, 0) is 5.56 Å². The van der Waals surface area contributed by atoms with Gasteiger partial charge < -0.3 is 9.84 Å². The Kier molecular flexibility index (Phi) is 4.83. The Labute approximate surface area is 98.7 Å². The number of ether oxygens (including phenoxy) is 1. The molecule has 0 saturated carbocycles. The summed E-state index contributed by atoms with van der Waals surface area (Å²) in [4.78, 5) is 0. The first kappa shape index (κ1) is 12.7. The second-order valence-corrected chi connectivity index (χ2v) is 4.44. The summed E-state index contributed by atoms with van der Waals surface area (Å²) in [5.74, 6) is 0. The van der Waals surface area contributed by atoms with Gasteiger partial charge in [0.15, 0.2) is 4.46 Å². The van der Waals surface area contributed by atoms with Gasteiger partial charge in [0, 0.05) is 5.56 Å². The molecular weight excluding hydrogens is 237 g/mol. The highest BCUT2D eigenvalue weighted by molar-refractivity contribution is 6.47. The lowest BCUT2D eigenvalue weighted by molar-refractivity contribution is 0.0811. The number of hydrogen-bond acceptors (Lipinski definition) is 3. The Morgan fingerprint density at radius 1 is 1.33 bits per heavy atom. The van der Waals surface area contributed by atoms with Gasteiger partial charge in [0.2, 0.25) is 0 Å². The summed E-state index contributed by atoms with van der Waals surface area (Å²) in [5, 5.41) is 8.57. The number of halogens is 2. The quantitative estimate of drug-likeness (QED) is 0.475. The molecule has 0 bridgehead atoms. The zero-order valence-electron chi connectivity index (χ0n) is 8.12. The van der Waals surface area contributed by atoms with Crippen LogP contribution in [-0.2, 0) is 15.8 Å². The lowest BCUT2D eigenvalue weighted by Gasteiger charge is -2.18. The van der Waals surface area contributed by atoms with Crippen LogP contribution in [0.5, 0.6) is 0 Å². The average molecular weight is 250 g/mol. The number of hydrogen-bond donors (Lipinski definition) is 2. The summed E-state index contributed by atoms with van der Waals surface area (Å²) in [5.41, 5.74) is 7.02. The molecule has 0 fully saturated rings. The van der Waals surface area contributed by atoms with E-state index >= 15 is 0 Å². The first-order valence-corrected chi connectivity index (χ1v) is 5.25. The topological polar surface area (TPSA) is 55.5 Å². The maximum atomic E-state index is 8.57. The van der Waals surface area contributed by atoms with Crippen molar-refractivity contribution in [3.8, 4) is 0 Å². The normalized spacial score (nSPS) is 11.7. The summed E-state index contributed by atoms with van der Waals surface area (Å²) < 4.78 is 3.76. The molecule has 3 N–H and O–H groups in total. The van der Waals surface area contributed by atoms with Gasteiger partial charge >= 0.3 is 0 Å². The first-order valence-electron chi connectivity index (χ1n) is 4.49. The van der Waals surface area contributed by atoms with Gasteiger partial charge in [-0.15, -0.1) is 0 Å². The molecule has 1 aromatic rings. The second kappa shape index (κ2) is 5.68. The number of nitrogens with two attached hydrogens (primary N) is 1. The van der Waals surface area contributed by atoms with E-state index in [1.165, 1.54) is 0 Å². The zero-order chi connectivity index (χ0) is 11.3. The van der Waals surface area contributed by atoms with Crippen LogP contribution in [0.15, 0.2) is 24.3 Å².